The second-order valence-electron chi connectivity index (χ2n) is 5.38. The Labute approximate surface area is 107 Å². The summed E-state index contributed by atoms with van der Waals surface area (Å²) in [5.74, 6) is -0.0736. The van der Waals surface area contributed by atoms with Crippen molar-refractivity contribution in [2.24, 2.45) is 17.8 Å². The number of rotatable bonds is 6. The fourth-order valence-electron chi connectivity index (χ4n) is 3.58. The van der Waals surface area contributed by atoms with Crippen LogP contribution in [-0.2, 0) is 9.59 Å². The van der Waals surface area contributed by atoms with Crippen LogP contribution in [0.1, 0.15) is 32.6 Å². The molecule has 18 heavy (non-hydrogen) atoms. The first-order chi connectivity index (χ1) is 8.63. The van der Waals surface area contributed by atoms with Gasteiger partial charge in [0, 0.05) is 25.6 Å². The van der Waals surface area contributed by atoms with Crippen molar-refractivity contribution in [1.29, 1.82) is 0 Å². The zero-order valence-corrected chi connectivity index (χ0v) is 10.8. The average Bonchev–Trinajstić information content (AvgIpc) is 2.89. The Morgan fingerprint density at radius 1 is 1.28 bits per heavy atom. The van der Waals surface area contributed by atoms with Gasteiger partial charge in [0.05, 0.1) is 5.92 Å². The normalized spacial score (nSPS) is 33.6. The van der Waals surface area contributed by atoms with Gasteiger partial charge in [-0.2, -0.15) is 0 Å². The highest BCUT2D eigenvalue weighted by Crippen LogP contribution is 2.48. The molecule has 0 aromatic carbocycles. The van der Waals surface area contributed by atoms with Crippen LogP contribution in [0.25, 0.3) is 0 Å². The van der Waals surface area contributed by atoms with Crippen LogP contribution in [0.4, 0.5) is 0 Å². The summed E-state index contributed by atoms with van der Waals surface area (Å²) in [6.45, 7) is 3.11. The molecule has 0 heterocycles. The second-order valence-corrected chi connectivity index (χ2v) is 5.38. The van der Waals surface area contributed by atoms with Crippen molar-refractivity contribution in [2.45, 2.75) is 38.6 Å². The highest BCUT2D eigenvalue weighted by atomic mass is 16.4. The topological polar surface area (TPSA) is 78.4 Å². The number of carboxylic acid groups (broad SMARTS) is 1. The van der Waals surface area contributed by atoms with Crippen molar-refractivity contribution in [1.82, 2.24) is 10.6 Å². The molecule has 0 aromatic rings. The van der Waals surface area contributed by atoms with Gasteiger partial charge in [-0.1, -0.05) is 0 Å². The smallest absolute Gasteiger partial charge is 0.308 e. The van der Waals surface area contributed by atoms with Crippen molar-refractivity contribution in [3.8, 4) is 0 Å². The summed E-state index contributed by atoms with van der Waals surface area (Å²) in [6, 6.07) is 0.0654. The Bertz CT molecular complexity index is 332. The molecule has 2 aliphatic carbocycles. The van der Waals surface area contributed by atoms with Crippen LogP contribution in [0.5, 0.6) is 0 Å². The Hall–Kier alpha value is -1.10. The molecule has 0 saturated heterocycles. The predicted molar refractivity (Wildman–Crippen MR) is 67.0 cm³/mol. The van der Waals surface area contributed by atoms with E-state index < -0.39 is 5.97 Å². The summed E-state index contributed by atoms with van der Waals surface area (Å²) in [5, 5.41) is 15.3. The molecule has 4 atom stereocenters. The monoisotopic (exact) mass is 254 g/mol. The molecule has 2 saturated carbocycles. The molecule has 0 radical (unpaired) electrons. The number of hydrogen-bond donors (Lipinski definition) is 3. The maximum absolute atomic E-state index is 11.3. The van der Waals surface area contributed by atoms with E-state index >= 15 is 0 Å². The molecule has 2 bridgehead atoms. The predicted octanol–water partition coefficient (Wildman–Crippen LogP) is 0.601. The molecule has 102 valence electrons. The number of aliphatic carboxylic acids is 1. The molecule has 5 nitrogen and oxygen atoms in total. The molecule has 0 spiro atoms. The summed E-state index contributed by atoms with van der Waals surface area (Å²) in [6.07, 6.45) is 3.65. The van der Waals surface area contributed by atoms with E-state index in [1.165, 1.54) is 0 Å². The lowest BCUT2D eigenvalue weighted by molar-refractivity contribution is -0.144. The molecule has 2 fully saturated rings. The van der Waals surface area contributed by atoms with Crippen LogP contribution in [0.15, 0.2) is 0 Å². The maximum atomic E-state index is 11.3. The zero-order chi connectivity index (χ0) is 13.1. The first-order valence-electron chi connectivity index (χ1n) is 6.86. The van der Waals surface area contributed by atoms with Gasteiger partial charge in [0.15, 0.2) is 0 Å². The Kier molecular flexibility index (Phi) is 4.22. The van der Waals surface area contributed by atoms with Crippen molar-refractivity contribution >= 4 is 11.9 Å². The van der Waals surface area contributed by atoms with E-state index in [9.17, 15) is 14.7 Å². The Balaban J connectivity index is 1.81. The second kappa shape index (κ2) is 5.69. The van der Waals surface area contributed by atoms with E-state index in [0.717, 1.165) is 19.3 Å². The molecule has 0 aromatic heterocycles. The number of fused-ring (bicyclic) bond motifs is 2. The highest BCUT2D eigenvalue weighted by molar-refractivity contribution is 5.76. The quantitative estimate of drug-likeness (QED) is 0.648. The minimum absolute atomic E-state index is 0.0278. The standard InChI is InChI=1S/C13H22N2O3/c1-2-14-10(16)5-6-15-12-9-4-3-8(7-9)11(12)13(17)18/h8-9,11-12,15H,2-7H2,1H3,(H,14,16)(H,17,18). The lowest BCUT2D eigenvalue weighted by Crippen LogP contribution is -2.45. The Morgan fingerprint density at radius 3 is 2.67 bits per heavy atom. The zero-order valence-electron chi connectivity index (χ0n) is 10.8. The van der Waals surface area contributed by atoms with Gasteiger partial charge in [0.2, 0.25) is 5.91 Å². The van der Waals surface area contributed by atoms with Crippen LogP contribution in [0.2, 0.25) is 0 Å². The summed E-state index contributed by atoms with van der Waals surface area (Å²) < 4.78 is 0. The molecule has 1 amide bonds. The SMILES string of the molecule is CCNC(=O)CCNC1C2CCC(C2)C1C(=O)O. The minimum atomic E-state index is -0.683. The van der Waals surface area contributed by atoms with Crippen LogP contribution in [0, 0.1) is 17.8 Å². The summed E-state index contributed by atoms with van der Waals surface area (Å²) in [5.41, 5.74) is 0. The van der Waals surface area contributed by atoms with Crippen molar-refractivity contribution in [2.75, 3.05) is 13.1 Å². The number of carboxylic acids is 1. The maximum Gasteiger partial charge on any atom is 0.308 e. The third-order valence-electron chi connectivity index (χ3n) is 4.31. The number of carbonyl (C=O) groups excluding carboxylic acids is 1. The van der Waals surface area contributed by atoms with E-state index in [2.05, 4.69) is 10.6 Å². The average molecular weight is 254 g/mol. The number of amides is 1. The molecular formula is C13H22N2O3. The van der Waals surface area contributed by atoms with Crippen molar-refractivity contribution in [3.63, 3.8) is 0 Å². The van der Waals surface area contributed by atoms with Gasteiger partial charge in [-0.25, -0.2) is 0 Å². The lowest BCUT2D eigenvalue weighted by Gasteiger charge is -2.28. The molecule has 4 unspecified atom stereocenters. The molecule has 2 rings (SSSR count). The summed E-state index contributed by atoms with van der Waals surface area (Å²) >= 11 is 0. The first kappa shape index (κ1) is 13.3. The van der Waals surface area contributed by atoms with E-state index in [-0.39, 0.29) is 17.9 Å². The third-order valence-corrected chi connectivity index (χ3v) is 4.31. The summed E-state index contributed by atoms with van der Waals surface area (Å²) in [4.78, 5) is 22.6. The molecule has 2 aliphatic rings. The number of carbonyl (C=O) groups is 2. The van der Waals surface area contributed by atoms with Crippen LogP contribution in [-0.4, -0.2) is 36.1 Å². The van der Waals surface area contributed by atoms with Crippen LogP contribution >= 0.6 is 0 Å². The molecule has 0 aliphatic heterocycles. The van der Waals surface area contributed by atoms with Gasteiger partial charge < -0.3 is 15.7 Å². The van der Waals surface area contributed by atoms with Gasteiger partial charge >= 0.3 is 5.97 Å². The van der Waals surface area contributed by atoms with E-state index in [1.807, 2.05) is 6.92 Å². The summed E-state index contributed by atoms with van der Waals surface area (Å²) in [7, 11) is 0. The van der Waals surface area contributed by atoms with E-state index in [4.69, 9.17) is 0 Å². The largest absolute Gasteiger partial charge is 0.481 e. The van der Waals surface area contributed by atoms with Gasteiger partial charge in [-0.15, -0.1) is 0 Å². The van der Waals surface area contributed by atoms with Crippen LogP contribution in [0.3, 0.4) is 0 Å². The number of nitrogens with one attached hydrogen (secondary N) is 2. The molecular weight excluding hydrogens is 232 g/mol. The lowest BCUT2D eigenvalue weighted by atomic mass is 9.84. The fraction of sp³-hybridized carbons (Fsp3) is 0.846. The first-order valence-corrected chi connectivity index (χ1v) is 6.86. The van der Waals surface area contributed by atoms with Crippen molar-refractivity contribution in [3.05, 3.63) is 0 Å². The Morgan fingerprint density at radius 2 is 2.00 bits per heavy atom. The van der Waals surface area contributed by atoms with Gasteiger partial charge in [0.25, 0.3) is 0 Å². The molecule has 3 N–H and O–H groups in total. The van der Waals surface area contributed by atoms with Gasteiger partial charge in [-0.3, -0.25) is 9.59 Å². The van der Waals surface area contributed by atoms with Gasteiger partial charge in [-0.05, 0) is 38.0 Å². The van der Waals surface area contributed by atoms with Crippen LogP contribution < -0.4 is 10.6 Å². The minimum Gasteiger partial charge on any atom is -0.481 e. The highest BCUT2D eigenvalue weighted by Gasteiger charge is 2.50. The number of hydrogen-bond acceptors (Lipinski definition) is 3. The molecule has 5 heteroatoms. The van der Waals surface area contributed by atoms with Gasteiger partial charge in [0.1, 0.15) is 0 Å². The third kappa shape index (κ3) is 2.66. The van der Waals surface area contributed by atoms with Crippen molar-refractivity contribution < 1.29 is 14.7 Å². The van der Waals surface area contributed by atoms with E-state index in [1.54, 1.807) is 0 Å². The fourth-order valence-corrected chi connectivity index (χ4v) is 3.58. The van der Waals surface area contributed by atoms with E-state index in [0.29, 0.717) is 31.3 Å².